The van der Waals surface area contributed by atoms with Gasteiger partial charge in [0.15, 0.2) is 5.41 Å². The molecule has 112 valence electrons. The third-order valence-electron chi connectivity index (χ3n) is 3.48. The van der Waals surface area contributed by atoms with Gasteiger partial charge in [-0.1, -0.05) is 11.6 Å². The van der Waals surface area contributed by atoms with E-state index in [1.807, 2.05) is 6.07 Å². The van der Waals surface area contributed by atoms with Crippen molar-refractivity contribution >= 4 is 23.2 Å². The minimum Gasteiger partial charge on any atom is -0.324 e. The third kappa shape index (κ3) is 2.82. The van der Waals surface area contributed by atoms with Crippen LogP contribution < -0.4 is 10.6 Å². The van der Waals surface area contributed by atoms with Crippen LogP contribution in [0.4, 0.5) is 18.9 Å². The van der Waals surface area contributed by atoms with Gasteiger partial charge in [0.05, 0.1) is 22.3 Å². The molecule has 1 aromatic rings. The van der Waals surface area contributed by atoms with E-state index in [-0.39, 0.29) is 29.2 Å². The Labute approximate surface area is 123 Å². The predicted octanol–water partition coefficient (Wildman–Crippen LogP) is 2.69. The standard InChI is InChI=1S/C13H11ClF3N3O/c14-9-2-1-8(6-18)5-10(9)20-11(21)12(13(15,16)17)3-4-19-7-12/h1-2,5,19H,3-4,7H2,(H,20,21). The molecule has 1 fully saturated rings. The quantitative estimate of drug-likeness (QED) is 0.881. The molecular formula is C13H11ClF3N3O. The maximum atomic E-state index is 13.2. The SMILES string of the molecule is N#Cc1ccc(Cl)c(NC(=O)C2(C(F)(F)F)CCNC2)c1. The van der Waals surface area contributed by atoms with Crippen molar-refractivity contribution in [3.8, 4) is 6.07 Å². The molecule has 1 amide bonds. The molecule has 0 saturated carbocycles. The summed E-state index contributed by atoms with van der Waals surface area (Å²) < 4.78 is 39.7. The summed E-state index contributed by atoms with van der Waals surface area (Å²) in [7, 11) is 0. The molecule has 1 aliphatic rings. The monoisotopic (exact) mass is 317 g/mol. The summed E-state index contributed by atoms with van der Waals surface area (Å²) in [5.41, 5.74) is -2.28. The van der Waals surface area contributed by atoms with E-state index in [0.717, 1.165) is 0 Å². The lowest BCUT2D eigenvalue weighted by Gasteiger charge is -2.29. The molecular weight excluding hydrogens is 307 g/mol. The first kappa shape index (κ1) is 15.6. The average molecular weight is 318 g/mol. The summed E-state index contributed by atoms with van der Waals surface area (Å²) in [6.07, 6.45) is -5.00. The zero-order valence-electron chi connectivity index (χ0n) is 10.7. The first-order valence-corrected chi connectivity index (χ1v) is 6.46. The Bertz CT molecular complexity index is 604. The molecule has 1 heterocycles. The van der Waals surface area contributed by atoms with Crippen LogP contribution in [0, 0.1) is 16.7 Å². The summed E-state index contributed by atoms with van der Waals surface area (Å²) >= 11 is 5.84. The number of carbonyl (C=O) groups is 1. The predicted molar refractivity (Wildman–Crippen MR) is 70.8 cm³/mol. The number of nitriles is 1. The van der Waals surface area contributed by atoms with Gasteiger partial charge in [-0.05, 0) is 31.2 Å². The van der Waals surface area contributed by atoms with Gasteiger partial charge < -0.3 is 10.6 Å². The minimum atomic E-state index is -4.67. The van der Waals surface area contributed by atoms with Crippen LogP contribution in [0.1, 0.15) is 12.0 Å². The van der Waals surface area contributed by atoms with Crippen molar-refractivity contribution in [1.82, 2.24) is 5.32 Å². The second kappa shape index (κ2) is 5.54. The lowest BCUT2D eigenvalue weighted by molar-refractivity contribution is -0.213. The summed E-state index contributed by atoms with van der Waals surface area (Å²) in [5.74, 6) is -1.17. The van der Waals surface area contributed by atoms with Gasteiger partial charge in [0.2, 0.25) is 5.91 Å². The number of amides is 1. The molecule has 0 aromatic heterocycles. The fourth-order valence-electron chi connectivity index (χ4n) is 2.19. The van der Waals surface area contributed by atoms with Crippen LogP contribution >= 0.6 is 11.6 Å². The normalized spacial score (nSPS) is 21.9. The highest BCUT2D eigenvalue weighted by Crippen LogP contribution is 2.44. The Kier molecular flexibility index (Phi) is 4.12. The molecule has 0 radical (unpaired) electrons. The molecule has 2 N–H and O–H groups in total. The fraction of sp³-hybridized carbons (Fsp3) is 0.385. The molecule has 1 unspecified atom stereocenters. The van der Waals surface area contributed by atoms with Gasteiger partial charge in [-0.15, -0.1) is 0 Å². The van der Waals surface area contributed by atoms with Crippen LogP contribution in [0.5, 0.6) is 0 Å². The Morgan fingerprint density at radius 3 is 2.71 bits per heavy atom. The van der Waals surface area contributed by atoms with Crippen molar-refractivity contribution in [3.05, 3.63) is 28.8 Å². The smallest absolute Gasteiger partial charge is 0.324 e. The average Bonchev–Trinajstić information content (AvgIpc) is 2.91. The lowest BCUT2D eigenvalue weighted by atomic mass is 9.85. The maximum absolute atomic E-state index is 13.2. The zero-order valence-corrected chi connectivity index (χ0v) is 11.5. The van der Waals surface area contributed by atoms with E-state index in [1.165, 1.54) is 18.2 Å². The summed E-state index contributed by atoms with van der Waals surface area (Å²) in [4.78, 5) is 12.1. The van der Waals surface area contributed by atoms with Gasteiger partial charge in [-0.3, -0.25) is 4.79 Å². The van der Waals surface area contributed by atoms with E-state index >= 15 is 0 Å². The summed E-state index contributed by atoms with van der Waals surface area (Å²) in [6, 6.07) is 5.84. The van der Waals surface area contributed by atoms with E-state index in [9.17, 15) is 18.0 Å². The molecule has 8 heteroatoms. The topological polar surface area (TPSA) is 64.9 Å². The van der Waals surface area contributed by atoms with Gasteiger partial charge in [-0.2, -0.15) is 18.4 Å². The van der Waals surface area contributed by atoms with E-state index in [0.29, 0.717) is 0 Å². The Balaban J connectivity index is 2.31. The number of rotatable bonds is 2. The van der Waals surface area contributed by atoms with Crippen LogP contribution in [-0.2, 0) is 4.79 Å². The van der Waals surface area contributed by atoms with Crippen LogP contribution in [0.15, 0.2) is 18.2 Å². The van der Waals surface area contributed by atoms with Crippen molar-refractivity contribution in [1.29, 1.82) is 5.26 Å². The number of nitrogens with one attached hydrogen (secondary N) is 2. The fourth-order valence-corrected chi connectivity index (χ4v) is 2.35. The number of nitrogens with zero attached hydrogens (tertiary/aromatic N) is 1. The van der Waals surface area contributed by atoms with Gasteiger partial charge in [-0.25, -0.2) is 0 Å². The molecule has 2 rings (SSSR count). The van der Waals surface area contributed by atoms with Crippen molar-refractivity contribution in [3.63, 3.8) is 0 Å². The molecule has 0 bridgehead atoms. The molecule has 1 atom stereocenters. The van der Waals surface area contributed by atoms with Crippen molar-refractivity contribution in [2.75, 3.05) is 18.4 Å². The Hall–Kier alpha value is -1.78. The van der Waals surface area contributed by atoms with E-state index in [4.69, 9.17) is 16.9 Å². The molecule has 0 aliphatic carbocycles. The lowest BCUT2D eigenvalue weighted by Crippen LogP contribution is -2.49. The largest absolute Gasteiger partial charge is 0.404 e. The number of anilines is 1. The second-order valence-electron chi connectivity index (χ2n) is 4.77. The van der Waals surface area contributed by atoms with E-state index in [2.05, 4.69) is 10.6 Å². The molecule has 1 aromatic carbocycles. The number of benzene rings is 1. The van der Waals surface area contributed by atoms with Crippen LogP contribution in [0.2, 0.25) is 5.02 Å². The summed E-state index contributed by atoms with van der Waals surface area (Å²) in [5, 5.41) is 13.6. The first-order valence-electron chi connectivity index (χ1n) is 6.09. The maximum Gasteiger partial charge on any atom is 0.404 e. The van der Waals surface area contributed by atoms with Crippen molar-refractivity contribution < 1.29 is 18.0 Å². The van der Waals surface area contributed by atoms with Gasteiger partial charge in [0.1, 0.15) is 0 Å². The highest BCUT2D eigenvalue weighted by Gasteiger charge is 2.61. The second-order valence-corrected chi connectivity index (χ2v) is 5.17. The summed E-state index contributed by atoms with van der Waals surface area (Å²) in [6.45, 7) is -0.364. The van der Waals surface area contributed by atoms with Crippen LogP contribution in [-0.4, -0.2) is 25.2 Å². The van der Waals surface area contributed by atoms with Crippen LogP contribution in [0.3, 0.4) is 0 Å². The van der Waals surface area contributed by atoms with Gasteiger partial charge in [0, 0.05) is 6.54 Å². The minimum absolute atomic E-state index is 0.00348. The van der Waals surface area contributed by atoms with Gasteiger partial charge >= 0.3 is 6.18 Å². The molecule has 0 spiro atoms. The number of hydrogen-bond donors (Lipinski definition) is 2. The van der Waals surface area contributed by atoms with Crippen molar-refractivity contribution in [2.45, 2.75) is 12.6 Å². The highest BCUT2D eigenvalue weighted by molar-refractivity contribution is 6.33. The molecule has 21 heavy (non-hydrogen) atoms. The molecule has 1 saturated heterocycles. The third-order valence-corrected chi connectivity index (χ3v) is 3.81. The van der Waals surface area contributed by atoms with Crippen molar-refractivity contribution in [2.24, 2.45) is 5.41 Å². The first-order chi connectivity index (χ1) is 9.80. The number of halogens is 4. The Morgan fingerprint density at radius 2 is 2.19 bits per heavy atom. The zero-order chi connectivity index (χ0) is 15.7. The number of alkyl halides is 3. The number of hydrogen-bond acceptors (Lipinski definition) is 3. The number of carbonyl (C=O) groups excluding carboxylic acids is 1. The highest BCUT2D eigenvalue weighted by atomic mass is 35.5. The molecule has 1 aliphatic heterocycles. The van der Waals surface area contributed by atoms with E-state index in [1.54, 1.807) is 0 Å². The van der Waals surface area contributed by atoms with Gasteiger partial charge in [0.25, 0.3) is 0 Å². The van der Waals surface area contributed by atoms with E-state index < -0.39 is 24.0 Å². The Morgan fingerprint density at radius 1 is 1.48 bits per heavy atom. The van der Waals surface area contributed by atoms with Crippen LogP contribution in [0.25, 0.3) is 0 Å². The molecule has 4 nitrogen and oxygen atoms in total.